The molecule has 0 spiro atoms. The fourth-order valence-corrected chi connectivity index (χ4v) is 2.87. The summed E-state index contributed by atoms with van der Waals surface area (Å²) in [5.41, 5.74) is 1.04. The first-order valence-electron chi connectivity index (χ1n) is 6.54. The molecule has 96 valence electrons. The molecule has 0 radical (unpaired) electrons. The fraction of sp³-hybridized carbons (Fsp3) is 0.500. The number of rotatable bonds is 2. The number of fused-ring (bicyclic) bond motifs is 2. The molecular weight excluding hydrogens is 228 g/mol. The molecule has 0 aromatic heterocycles. The van der Waals surface area contributed by atoms with Crippen LogP contribution in [0.5, 0.6) is 0 Å². The van der Waals surface area contributed by atoms with Crippen molar-refractivity contribution in [2.45, 2.75) is 31.5 Å². The summed E-state index contributed by atoms with van der Waals surface area (Å²) in [5.74, 6) is 0. The Bertz CT molecular complexity index is 405. The summed E-state index contributed by atoms with van der Waals surface area (Å²) in [6.45, 7) is 2.16. The van der Waals surface area contributed by atoms with Gasteiger partial charge in [-0.15, -0.1) is 0 Å². The van der Waals surface area contributed by atoms with Gasteiger partial charge < -0.3 is 10.1 Å². The summed E-state index contributed by atoms with van der Waals surface area (Å²) in [7, 11) is 0. The van der Waals surface area contributed by atoms with Crippen molar-refractivity contribution in [3.8, 4) is 0 Å². The third-order valence-electron chi connectivity index (χ3n) is 3.80. The van der Waals surface area contributed by atoms with E-state index in [0.717, 1.165) is 31.5 Å². The van der Waals surface area contributed by atoms with E-state index in [0.29, 0.717) is 18.7 Å². The van der Waals surface area contributed by atoms with E-state index in [2.05, 4.69) is 5.32 Å². The van der Waals surface area contributed by atoms with E-state index in [1.165, 1.54) is 0 Å². The molecule has 2 aliphatic heterocycles. The Balaban J connectivity index is 1.59. The van der Waals surface area contributed by atoms with Crippen LogP contribution in [0.1, 0.15) is 18.4 Å². The maximum absolute atomic E-state index is 12.1. The van der Waals surface area contributed by atoms with Gasteiger partial charge in [0.15, 0.2) is 0 Å². The third kappa shape index (κ3) is 2.20. The molecule has 2 atom stereocenters. The standard InChI is InChI=1S/C14H18N2O2/c17-14(18-10-11-4-2-1-3-5-11)16-12-6-7-13(16)9-15-8-12/h1-5,12-13,15H,6-10H2. The highest BCUT2D eigenvalue weighted by molar-refractivity contribution is 5.69. The Hall–Kier alpha value is -1.55. The summed E-state index contributed by atoms with van der Waals surface area (Å²) < 4.78 is 5.41. The van der Waals surface area contributed by atoms with E-state index in [1.807, 2.05) is 35.2 Å². The zero-order valence-electron chi connectivity index (χ0n) is 10.3. The number of carbonyl (C=O) groups is 1. The van der Waals surface area contributed by atoms with Gasteiger partial charge in [0.2, 0.25) is 0 Å². The second-order valence-electron chi connectivity index (χ2n) is 4.99. The molecule has 4 nitrogen and oxygen atoms in total. The van der Waals surface area contributed by atoms with Crippen LogP contribution in [0.25, 0.3) is 0 Å². The van der Waals surface area contributed by atoms with Crippen molar-refractivity contribution in [3.05, 3.63) is 35.9 Å². The fourth-order valence-electron chi connectivity index (χ4n) is 2.87. The van der Waals surface area contributed by atoms with Crippen molar-refractivity contribution >= 4 is 6.09 Å². The predicted octanol–water partition coefficient (Wildman–Crippen LogP) is 1.76. The van der Waals surface area contributed by atoms with Crippen molar-refractivity contribution in [1.29, 1.82) is 0 Å². The van der Waals surface area contributed by atoms with Crippen LogP contribution in [0.15, 0.2) is 30.3 Å². The number of piperazine rings is 1. The summed E-state index contributed by atoms with van der Waals surface area (Å²) in [5, 5.41) is 3.36. The molecule has 2 bridgehead atoms. The summed E-state index contributed by atoms with van der Waals surface area (Å²) >= 11 is 0. The highest BCUT2D eigenvalue weighted by atomic mass is 16.6. The zero-order valence-corrected chi connectivity index (χ0v) is 10.3. The average Bonchev–Trinajstić information content (AvgIpc) is 2.67. The lowest BCUT2D eigenvalue weighted by atomic mass is 10.2. The van der Waals surface area contributed by atoms with Gasteiger partial charge in [-0.25, -0.2) is 4.79 Å². The van der Waals surface area contributed by atoms with Gasteiger partial charge in [-0.2, -0.15) is 0 Å². The minimum atomic E-state index is -0.159. The Labute approximate surface area is 107 Å². The SMILES string of the molecule is O=C(OCc1ccccc1)N1C2CCC1CNC2. The number of nitrogens with one attached hydrogen (secondary N) is 1. The van der Waals surface area contributed by atoms with Gasteiger partial charge in [-0.3, -0.25) is 4.90 Å². The minimum Gasteiger partial charge on any atom is -0.445 e. The molecular formula is C14H18N2O2. The molecule has 1 amide bonds. The Morgan fingerprint density at radius 3 is 2.56 bits per heavy atom. The van der Waals surface area contributed by atoms with Crippen LogP contribution in [0.3, 0.4) is 0 Å². The molecule has 2 aliphatic rings. The van der Waals surface area contributed by atoms with Crippen molar-refractivity contribution in [2.75, 3.05) is 13.1 Å². The molecule has 3 rings (SSSR count). The molecule has 2 fully saturated rings. The van der Waals surface area contributed by atoms with Gasteiger partial charge in [0.25, 0.3) is 0 Å². The topological polar surface area (TPSA) is 41.6 Å². The lowest BCUT2D eigenvalue weighted by molar-refractivity contribution is 0.0693. The molecule has 4 heteroatoms. The summed E-state index contributed by atoms with van der Waals surface area (Å²) in [6.07, 6.45) is 2.03. The molecule has 1 N–H and O–H groups in total. The first-order valence-corrected chi connectivity index (χ1v) is 6.54. The third-order valence-corrected chi connectivity index (χ3v) is 3.80. The smallest absolute Gasteiger partial charge is 0.410 e. The quantitative estimate of drug-likeness (QED) is 0.864. The first-order chi connectivity index (χ1) is 8.84. The average molecular weight is 246 g/mol. The number of carbonyl (C=O) groups excluding carboxylic acids is 1. The predicted molar refractivity (Wildman–Crippen MR) is 68.1 cm³/mol. The number of hydrogen-bond acceptors (Lipinski definition) is 3. The van der Waals surface area contributed by atoms with Gasteiger partial charge in [-0.1, -0.05) is 30.3 Å². The van der Waals surface area contributed by atoms with Crippen LogP contribution < -0.4 is 5.32 Å². The minimum absolute atomic E-state index is 0.159. The molecule has 2 saturated heterocycles. The molecule has 18 heavy (non-hydrogen) atoms. The van der Waals surface area contributed by atoms with Gasteiger partial charge >= 0.3 is 6.09 Å². The second kappa shape index (κ2) is 4.98. The largest absolute Gasteiger partial charge is 0.445 e. The van der Waals surface area contributed by atoms with Crippen molar-refractivity contribution in [3.63, 3.8) is 0 Å². The maximum atomic E-state index is 12.1. The van der Waals surface area contributed by atoms with Crippen molar-refractivity contribution < 1.29 is 9.53 Å². The molecule has 1 aromatic rings. The van der Waals surface area contributed by atoms with E-state index in [4.69, 9.17) is 4.74 Å². The molecule has 2 heterocycles. The van der Waals surface area contributed by atoms with E-state index in [1.54, 1.807) is 0 Å². The van der Waals surface area contributed by atoms with E-state index >= 15 is 0 Å². The monoisotopic (exact) mass is 246 g/mol. The van der Waals surface area contributed by atoms with Gasteiger partial charge in [0, 0.05) is 25.2 Å². The Morgan fingerprint density at radius 1 is 1.22 bits per heavy atom. The molecule has 0 saturated carbocycles. The van der Waals surface area contributed by atoms with Crippen LogP contribution in [0, 0.1) is 0 Å². The van der Waals surface area contributed by atoms with Crippen LogP contribution >= 0.6 is 0 Å². The molecule has 0 aliphatic carbocycles. The Kier molecular flexibility index (Phi) is 3.19. The van der Waals surface area contributed by atoms with E-state index in [9.17, 15) is 4.79 Å². The summed E-state index contributed by atoms with van der Waals surface area (Å²) in [4.78, 5) is 14.0. The highest BCUT2D eigenvalue weighted by Gasteiger charge is 2.40. The van der Waals surface area contributed by atoms with Gasteiger partial charge in [-0.05, 0) is 18.4 Å². The zero-order chi connectivity index (χ0) is 12.4. The van der Waals surface area contributed by atoms with Crippen LogP contribution in [0.2, 0.25) is 0 Å². The second-order valence-corrected chi connectivity index (χ2v) is 4.99. The number of nitrogens with zero attached hydrogens (tertiary/aromatic N) is 1. The van der Waals surface area contributed by atoms with Gasteiger partial charge in [0.05, 0.1) is 0 Å². The van der Waals surface area contributed by atoms with E-state index in [-0.39, 0.29) is 6.09 Å². The van der Waals surface area contributed by atoms with Crippen LogP contribution in [-0.2, 0) is 11.3 Å². The Morgan fingerprint density at radius 2 is 1.89 bits per heavy atom. The first kappa shape index (κ1) is 11.5. The highest BCUT2D eigenvalue weighted by Crippen LogP contribution is 2.27. The number of ether oxygens (including phenoxy) is 1. The molecule has 2 unspecified atom stereocenters. The molecule has 1 aromatic carbocycles. The van der Waals surface area contributed by atoms with Gasteiger partial charge in [0.1, 0.15) is 6.61 Å². The normalized spacial score (nSPS) is 26.1. The lowest BCUT2D eigenvalue weighted by Gasteiger charge is -2.34. The van der Waals surface area contributed by atoms with E-state index < -0.39 is 0 Å². The van der Waals surface area contributed by atoms with Crippen LogP contribution in [0.4, 0.5) is 4.79 Å². The maximum Gasteiger partial charge on any atom is 0.410 e. The summed E-state index contributed by atoms with van der Waals surface area (Å²) in [6, 6.07) is 10.5. The van der Waals surface area contributed by atoms with Crippen molar-refractivity contribution in [2.24, 2.45) is 0 Å². The number of amides is 1. The number of benzene rings is 1. The van der Waals surface area contributed by atoms with Crippen molar-refractivity contribution in [1.82, 2.24) is 10.2 Å². The number of hydrogen-bond donors (Lipinski definition) is 1. The lowest BCUT2D eigenvalue weighted by Crippen LogP contribution is -2.54. The van der Waals surface area contributed by atoms with Crippen LogP contribution in [-0.4, -0.2) is 36.2 Å².